The van der Waals surface area contributed by atoms with E-state index in [-0.39, 0.29) is 24.3 Å². The van der Waals surface area contributed by atoms with Crippen LogP contribution in [0.5, 0.6) is 0 Å². The second kappa shape index (κ2) is 9.06. The molecule has 2 heterocycles. The number of hydrogen-bond acceptors (Lipinski definition) is 4. The van der Waals surface area contributed by atoms with E-state index in [1.54, 1.807) is 14.0 Å². The van der Waals surface area contributed by atoms with Crippen molar-refractivity contribution in [1.29, 1.82) is 0 Å². The minimum atomic E-state index is -1.02. The summed E-state index contributed by atoms with van der Waals surface area (Å²) in [5.74, 6) is -0.608. The number of nitrogens with one attached hydrogen (secondary N) is 1. The zero-order valence-corrected chi connectivity index (χ0v) is 18.9. The van der Waals surface area contributed by atoms with Crippen LogP contribution in [-0.4, -0.2) is 53.0 Å². The number of ketones is 1. The number of benzene rings is 1. The average molecular weight is 426 g/mol. The number of imide groups is 1. The summed E-state index contributed by atoms with van der Waals surface area (Å²) >= 11 is 0. The minimum absolute atomic E-state index is 0.0737. The Morgan fingerprint density at radius 1 is 1.19 bits per heavy atom. The molecule has 7 heteroatoms. The molecule has 0 aliphatic carbocycles. The number of ether oxygens (including phenoxy) is 1. The molecule has 1 aliphatic heterocycles. The van der Waals surface area contributed by atoms with E-state index in [2.05, 4.69) is 5.32 Å². The Morgan fingerprint density at radius 3 is 2.52 bits per heavy atom. The predicted octanol–water partition coefficient (Wildman–Crippen LogP) is 3.44. The molecule has 2 atom stereocenters. The third-order valence-corrected chi connectivity index (χ3v) is 6.04. The van der Waals surface area contributed by atoms with Gasteiger partial charge in [0.05, 0.1) is 19.2 Å². The zero-order valence-electron chi connectivity index (χ0n) is 18.9. The van der Waals surface area contributed by atoms with Gasteiger partial charge >= 0.3 is 6.03 Å². The van der Waals surface area contributed by atoms with Crippen molar-refractivity contribution in [2.45, 2.75) is 52.1 Å². The van der Waals surface area contributed by atoms with E-state index in [0.29, 0.717) is 25.0 Å². The van der Waals surface area contributed by atoms with Crippen LogP contribution in [0.25, 0.3) is 0 Å². The monoisotopic (exact) mass is 425 g/mol. The van der Waals surface area contributed by atoms with Crippen LogP contribution < -0.4 is 5.32 Å². The van der Waals surface area contributed by atoms with Crippen molar-refractivity contribution in [1.82, 2.24) is 14.8 Å². The van der Waals surface area contributed by atoms with Crippen molar-refractivity contribution in [3.05, 3.63) is 58.9 Å². The Kier molecular flexibility index (Phi) is 6.65. The Bertz CT molecular complexity index is 982. The van der Waals surface area contributed by atoms with Gasteiger partial charge in [0.2, 0.25) is 0 Å². The van der Waals surface area contributed by atoms with E-state index < -0.39 is 11.6 Å². The molecule has 0 bridgehead atoms. The van der Waals surface area contributed by atoms with Crippen LogP contribution in [0.3, 0.4) is 0 Å². The molecule has 3 amide bonds. The number of amides is 3. The Hall–Kier alpha value is -2.93. The van der Waals surface area contributed by atoms with Gasteiger partial charge < -0.3 is 14.6 Å². The standard InChI is InChI=1S/C24H31N3O4/c1-16-13-20(18(3)27(16)17(2)15-31-5)21(28)14-26-22(29)24(4,25-23(26)30)12-11-19-9-7-6-8-10-19/h6-10,13,17H,11-12,14-15H2,1-5H3,(H,25,30)/t17-,24+/m1/s1. The van der Waals surface area contributed by atoms with Gasteiger partial charge in [0.25, 0.3) is 5.91 Å². The highest BCUT2D eigenvalue weighted by Crippen LogP contribution is 2.25. The number of aryl methyl sites for hydroxylation is 2. The third kappa shape index (κ3) is 4.56. The van der Waals surface area contributed by atoms with Gasteiger partial charge in [-0.05, 0) is 52.2 Å². The number of carbonyl (C=O) groups is 3. The summed E-state index contributed by atoms with van der Waals surface area (Å²) in [4.78, 5) is 39.7. The summed E-state index contributed by atoms with van der Waals surface area (Å²) in [5.41, 5.74) is 2.36. The van der Waals surface area contributed by atoms with Crippen LogP contribution >= 0.6 is 0 Å². The summed E-state index contributed by atoms with van der Waals surface area (Å²) in [5, 5.41) is 2.79. The molecule has 0 unspecified atom stereocenters. The highest BCUT2D eigenvalue weighted by atomic mass is 16.5. The fraction of sp³-hybridized carbons (Fsp3) is 0.458. The van der Waals surface area contributed by atoms with Crippen LogP contribution in [0.1, 0.15) is 53.6 Å². The van der Waals surface area contributed by atoms with Crippen LogP contribution in [0.15, 0.2) is 36.4 Å². The molecule has 1 aliphatic rings. The summed E-state index contributed by atoms with van der Waals surface area (Å²) in [7, 11) is 1.64. The molecular formula is C24H31N3O4. The quantitative estimate of drug-likeness (QED) is 0.493. The number of carbonyl (C=O) groups excluding carboxylic acids is 3. The summed E-state index contributed by atoms with van der Waals surface area (Å²) in [6.07, 6.45) is 1.12. The molecule has 7 nitrogen and oxygen atoms in total. The first-order valence-electron chi connectivity index (χ1n) is 10.6. The number of hydrogen-bond donors (Lipinski definition) is 1. The average Bonchev–Trinajstić information content (AvgIpc) is 3.15. The van der Waals surface area contributed by atoms with Gasteiger partial charge in [0, 0.05) is 24.1 Å². The molecule has 31 heavy (non-hydrogen) atoms. The molecule has 0 spiro atoms. The third-order valence-electron chi connectivity index (χ3n) is 6.04. The lowest BCUT2D eigenvalue weighted by molar-refractivity contribution is -0.130. The van der Waals surface area contributed by atoms with Crippen molar-refractivity contribution in [3.8, 4) is 0 Å². The SMILES string of the molecule is COC[C@@H](C)n1c(C)cc(C(=O)CN2C(=O)N[C@@](C)(CCc3ccccc3)C2=O)c1C. The van der Waals surface area contributed by atoms with Gasteiger partial charge in [-0.15, -0.1) is 0 Å². The number of nitrogens with zero attached hydrogens (tertiary/aromatic N) is 2. The molecule has 1 saturated heterocycles. The highest BCUT2D eigenvalue weighted by Gasteiger charge is 2.48. The number of Topliss-reactive ketones (excluding diaryl/α,β-unsaturated/α-hetero) is 1. The normalized spacial score (nSPS) is 19.6. The van der Waals surface area contributed by atoms with Gasteiger partial charge in [0.15, 0.2) is 5.78 Å². The van der Waals surface area contributed by atoms with Gasteiger partial charge in [-0.25, -0.2) is 4.79 Å². The number of aromatic nitrogens is 1. The maximum atomic E-state index is 13.0. The minimum Gasteiger partial charge on any atom is -0.383 e. The van der Waals surface area contributed by atoms with Crippen molar-refractivity contribution >= 4 is 17.7 Å². The molecule has 1 fully saturated rings. The second-order valence-corrected chi connectivity index (χ2v) is 8.52. The van der Waals surface area contributed by atoms with Crippen LogP contribution in [0, 0.1) is 13.8 Å². The lowest BCUT2D eigenvalue weighted by Crippen LogP contribution is -2.44. The maximum absolute atomic E-state index is 13.0. The summed E-state index contributed by atoms with van der Waals surface area (Å²) in [6.45, 7) is 7.81. The topological polar surface area (TPSA) is 80.6 Å². The molecule has 2 aromatic rings. The first kappa shape index (κ1) is 22.7. The van der Waals surface area contributed by atoms with Gasteiger partial charge in [0.1, 0.15) is 5.54 Å². The van der Waals surface area contributed by atoms with Crippen LogP contribution in [-0.2, 0) is 16.0 Å². The number of rotatable bonds is 9. The van der Waals surface area contributed by atoms with Crippen molar-refractivity contribution in [3.63, 3.8) is 0 Å². The van der Waals surface area contributed by atoms with Crippen molar-refractivity contribution in [2.75, 3.05) is 20.3 Å². The lowest BCUT2D eigenvalue weighted by atomic mass is 9.93. The number of methoxy groups -OCH3 is 1. The first-order valence-corrected chi connectivity index (χ1v) is 10.6. The van der Waals surface area contributed by atoms with E-state index in [1.807, 2.05) is 61.7 Å². The smallest absolute Gasteiger partial charge is 0.325 e. The zero-order chi connectivity index (χ0) is 22.8. The maximum Gasteiger partial charge on any atom is 0.325 e. The van der Waals surface area contributed by atoms with E-state index in [9.17, 15) is 14.4 Å². The molecular weight excluding hydrogens is 394 g/mol. The molecule has 1 N–H and O–H groups in total. The first-order chi connectivity index (χ1) is 14.7. The van der Waals surface area contributed by atoms with Crippen LogP contribution in [0.2, 0.25) is 0 Å². The fourth-order valence-electron chi connectivity index (χ4n) is 4.38. The van der Waals surface area contributed by atoms with Crippen molar-refractivity contribution in [2.24, 2.45) is 0 Å². The predicted molar refractivity (Wildman–Crippen MR) is 118 cm³/mol. The largest absolute Gasteiger partial charge is 0.383 e. The Balaban J connectivity index is 1.72. The molecule has 3 rings (SSSR count). The molecule has 1 aromatic heterocycles. The molecule has 1 aromatic carbocycles. The Labute approximate surface area is 183 Å². The van der Waals surface area contributed by atoms with Gasteiger partial charge in [-0.1, -0.05) is 30.3 Å². The fourth-order valence-corrected chi connectivity index (χ4v) is 4.38. The van der Waals surface area contributed by atoms with Crippen LogP contribution in [0.4, 0.5) is 4.79 Å². The van der Waals surface area contributed by atoms with E-state index in [1.165, 1.54) is 0 Å². The summed E-state index contributed by atoms with van der Waals surface area (Å²) in [6, 6.07) is 11.2. The molecule has 0 radical (unpaired) electrons. The van der Waals surface area contributed by atoms with Crippen molar-refractivity contribution < 1.29 is 19.1 Å². The molecule has 166 valence electrons. The number of urea groups is 1. The molecule has 0 saturated carbocycles. The van der Waals surface area contributed by atoms with E-state index >= 15 is 0 Å². The Morgan fingerprint density at radius 2 is 1.87 bits per heavy atom. The second-order valence-electron chi connectivity index (χ2n) is 8.52. The van der Waals surface area contributed by atoms with Gasteiger partial charge in [-0.3, -0.25) is 14.5 Å². The summed E-state index contributed by atoms with van der Waals surface area (Å²) < 4.78 is 7.29. The lowest BCUT2D eigenvalue weighted by Gasteiger charge is -2.21. The highest BCUT2D eigenvalue weighted by molar-refractivity contribution is 6.11. The van der Waals surface area contributed by atoms with E-state index in [0.717, 1.165) is 21.9 Å². The van der Waals surface area contributed by atoms with E-state index in [4.69, 9.17) is 4.74 Å². The van der Waals surface area contributed by atoms with Gasteiger partial charge in [-0.2, -0.15) is 0 Å².